The van der Waals surface area contributed by atoms with Gasteiger partial charge in [0, 0.05) is 39.3 Å². The fraction of sp³-hybridized carbons (Fsp3) is 0.412. The van der Waals surface area contributed by atoms with Crippen molar-refractivity contribution in [1.82, 2.24) is 15.5 Å². The van der Waals surface area contributed by atoms with Crippen LogP contribution in [0.25, 0.3) is 0 Å². The molecule has 2 aromatic rings. The van der Waals surface area contributed by atoms with E-state index in [4.69, 9.17) is 4.42 Å². The average molecular weight is 476 g/mol. The Morgan fingerprint density at radius 3 is 2.68 bits per heavy atom. The standard InChI is InChI=1S/C17H24N4O2S.HI/c1-13-5-9-23-15(13)16(22)19-7-4-8-20-17(18-2)21(3)11-14-6-10-24-12-14;/h5-6,9-10,12H,4,7-8,11H2,1-3H3,(H,18,20)(H,19,22);1H. The van der Waals surface area contributed by atoms with Gasteiger partial charge in [-0.3, -0.25) is 9.79 Å². The van der Waals surface area contributed by atoms with Gasteiger partial charge in [-0.05, 0) is 41.8 Å². The molecule has 8 heteroatoms. The molecule has 0 aliphatic heterocycles. The van der Waals surface area contributed by atoms with Crippen molar-refractivity contribution in [1.29, 1.82) is 0 Å². The molecule has 0 aliphatic carbocycles. The molecule has 0 saturated heterocycles. The molecule has 25 heavy (non-hydrogen) atoms. The predicted molar refractivity (Wildman–Crippen MR) is 113 cm³/mol. The van der Waals surface area contributed by atoms with E-state index in [1.165, 1.54) is 11.8 Å². The minimum absolute atomic E-state index is 0. The molecular formula is C17H25IN4O2S. The molecule has 2 aromatic heterocycles. The summed E-state index contributed by atoms with van der Waals surface area (Å²) < 4.78 is 5.17. The number of hydrogen-bond donors (Lipinski definition) is 2. The maximum Gasteiger partial charge on any atom is 0.287 e. The minimum Gasteiger partial charge on any atom is -0.459 e. The van der Waals surface area contributed by atoms with E-state index in [2.05, 4.69) is 37.4 Å². The number of amides is 1. The third-order valence-electron chi connectivity index (χ3n) is 3.56. The van der Waals surface area contributed by atoms with E-state index in [1.807, 2.05) is 14.0 Å². The van der Waals surface area contributed by atoms with Gasteiger partial charge >= 0.3 is 0 Å². The number of carbonyl (C=O) groups excluding carboxylic acids is 1. The number of rotatable bonds is 7. The number of aryl methyl sites for hydroxylation is 1. The van der Waals surface area contributed by atoms with E-state index in [9.17, 15) is 4.79 Å². The molecule has 0 fully saturated rings. The van der Waals surface area contributed by atoms with Crippen molar-refractivity contribution in [2.45, 2.75) is 19.9 Å². The van der Waals surface area contributed by atoms with Crippen LogP contribution in [0.3, 0.4) is 0 Å². The lowest BCUT2D eigenvalue weighted by molar-refractivity contribution is 0.0925. The zero-order chi connectivity index (χ0) is 17.4. The molecule has 2 rings (SSSR count). The number of thiophene rings is 1. The molecule has 2 heterocycles. The van der Waals surface area contributed by atoms with Crippen molar-refractivity contribution in [2.75, 3.05) is 27.2 Å². The van der Waals surface area contributed by atoms with Crippen LogP contribution in [-0.2, 0) is 6.54 Å². The number of guanidine groups is 1. The molecule has 0 spiro atoms. The molecule has 0 aromatic carbocycles. The van der Waals surface area contributed by atoms with Crippen molar-refractivity contribution in [2.24, 2.45) is 4.99 Å². The van der Waals surface area contributed by atoms with Gasteiger partial charge in [0.25, 0.3) is 5.91 Å². The second-order valence-electron chi connectivity index (χ2n) is 5.50. The SMILES string of the molecule is CN=C(NCCCNC(=O)c1occc1C)N(C)Cc1ccsc1.I. The zero-order valence-electron chi connectivity index (χ0n) is 14.7. The normalized spacial score (nSPS) is 10.9. The maximum absolute atomic E-state index is 11.9. The largest absolute Gasteiger partial charge is 0.459 e. The second-order valence-corrected chi connectivity index (χ2v) is 6.28. The molecule has 0 bridgehead atoms. The summed E-state index contributed by atoms with van der Waals surface area (Å²) in [5, 5.41) is 10.4. The van der Waals surface area contributed by atoms with Gasteiger partial charge in [0.1, 0.15) is 0 Å². The van der Waals surface area contributed by atoms with Crippen LogP contribution in [0.4, 0.5) is 0 Å². The van der Waals surface area contributed by atoms with Crippen molar-refractivity contribution in [3.63, 3.8) is 0 Å². The van der Waals surface area contributed by atoms with Crippen LogP contribution < -0.4 is 10.6 Å². The van der Waals surface area contributed by atoms with Crippen LogP contribution in [0.5, 0.6) is 0 Å². The molecule has 1 amide bonds. The topological polar surface area (TPSA) is 69.9 Å². The summed E-state index contributed by atoms with van der Waals surface area (Å²) in [5.41, 5.74) is 2.12. The minimum atomic E-state index is -0.170. The first-order chi connectivity index (χ1) is 11.6. The van der Waals surface area contributed by atoms with Crippen molar-refractivity contribution in [3.8, 4) is 0 Å². The van der Waals surface area contributed by atoms with E-state index in [0.717, 1.165) is 31.0 Å². The smallest absolute Gasteiger partial charge is 0.287 e. The molecule has 6 nitrogen and oxygen atoms in total. The fourth-order valence-electron chi connectivity index (χ4n) is 2.29. The summed E-state index contributed by atoms with van der Waals surface area (Å²) in [5.74, 6) is 1.06. The van der Waals surface area contributed by atoms with Crippen molar-refractivity contribution < 1.29 is 9.21 Å². The first-order valence-electron chi connectivity index (χ1n) is 7.87. The van der Waals surface area contributed by atoms with Gasteiger partial charge in [-0.1, -0.05) is 0 Å². The zero-order valence-corrected chi connectivity index (χ0v) is 17.9. The number of carbonyl (C=O) groups is 1. The lowest BCUT2D eigenvalue weighted by Crippen LogP contribution is -2.39. The summed E-state index contributed by atoms with van der Waals surface area (Å²) in [6.07, 6.45) is 2.33. The van der Waals surface area contributed by atoms with Gasteiger partial charge in [0.15, 0.2) is 11.7 Å². The lowest BCUT2D eigenvalue weighted by atomic mass is 10.2. The molecule has 138 valence electrons. The number of hydrogen-bond acceptors (Lipinski definition) is 4. The van der Waals surface area contributed by atoms with Gasteiger partial charge in [-0.25, -0.2) is 0 Å². The third kappa shape index (κ3) is 6.69. The Hall–Kier alpha value is -1.55. The Bertz CT molecular complexity index is 670. The van der Waals surface area contributed by atoms with Crippen LogP contribution >= 0.6 is 35.3 Å². The van der Waals surface area contributed by atoms with Crippen molar-refractivity contribution >= 4 is 47.2 Å². The number of furan rings is 1. The predicted octanol–water partition coefficient (Wildman–Crippen LogP) is 3.09. The maximum atomic E-state index is 11.9. The Morgan fingerprint density at radius 2 is 2.08 bits per heavy atom. The number of halogens is 1. The molecule has 0 radical (unpaired) electrons. The Kier molecular flexibility index (Phi) is 9.58. The number of aliphatic imine (C=N–C) groups is 1. The van der Waals surface area contributed by atoms with Gasteiger partial charge in [0.2, 0.25) is 0 Å². The highest BCUT2D eigenvalue weighted by Crippen LogP contribution is 2.09. The summed E-state index contributed by atoms with van der Waals surface area (Å²) in [6, 6.07) is 3.89. The third-order valence-corrected chi connectivity index (χ3v) is 4.30. The molecular weight excluding hydrogens is 451 g/mol. The molecule has 0 unspecified atom stereocenters. The number of nitrogens with zero attached hydrogens (tertiary/aromatic N) is 2. The Labute approximate surface area is 169 Å². The van der Waals surface area contributed by atoms with E-state index in [-0.39, 0.29) is 29.9 Å². The van der Waals surface area contributed by atoms with Gasteiger partial charge in [0.05, 0.1) is 6.26 Å². The monoisotopic (exact) mass is 476 g/mol. The van der Waals surface area contributed by atoms with Crippen LogP contribution in [0.2, 0.25) is 0 Å². The van der Waals surface area contributed by atoms with Gasteiger partial charge in [-0.2, -0.15) is 11.3 Å². The molecule has 0 atom stereocenters. The Morgan fingerprint density at radius 1 is 1.32 bits per heavy atom. The van der Waals surface area contributed by atoms with Crippen molar-refractivity contribution in [3.05, 3.63) is 46.0 Å². The molecule has 2 N–H and O–H groups in total. The first-order valence-corrected chi connectivity index (χ1v) is 8.81. The van der Waals surface area contributed by atoms with Gasteiger partial charge < -0.3 is 20.0 Å². The van der Waals surface area contributed by atoms with E-state index >= 15 is 0 Å². The van der Waals surface area contributed by atoms with Gasteiger partial charge in [-0.15, -0.1) is 24.0 Å². The first kappa shape index (κ1) is 21.5. The highest BCUT2D eigenvalue weighted by molar-refractivity contribution is 14.0. The molecule has 0 aliphatic rings. The fourth-order valence-corrected chi connectivity index (χ4v) is 2.95. The summed E-state index contributed by atoms with van der Waals surface area (Å²) >= 11 is 1.69. The van der Waals surface area contributed by atoms with Crippen LogP contribution in [-0.4, -0.2) is 44.0 Å². The highest BCUT2D eigenvalue weighted by atomic mass is 127. The summed E-state index contributed by atoms with van der Waals surface area (Å²) in [7, 11) is 3.78. The van der Waals surface area contributed by atoms with E-state index < -0.39 is 0 Å². The summed E-state index contributed by atoms with van der Waals surface area (Å²) in [6.45, 7) is 3.99. The second kappa shape index (κ2) is 11.1. The molecule has 0 saturated carbocycles. The van der Waals surface area contributed by atoms with E-state index in [1.54, 1.807) is 24.5 Å². The summed E-state index contributed by atoms with van der Waals surface area (Å²) in [4.78, 5) is 18.3. The van der Waals surface area contributed by atoms with Crippen LogP contribution in [0, 0.1) is 6.92 Å². The number of nitrogens with one attached hydrogen (secondary N) is 2. The lowest BCUT2D eigenvalue weighted by Gasteiger charge is -2.21. The van der Waals surface area contributed by atoms with Crippen LogP contribution in [0.15, 0.2) is 38.6 Å². The van der Waals surface area contributed by atoms with Crippen LogP contribution in [0.1, 0.15) is 28.1 Å². The quantitative estimate of drug-likeness (QED) is 0.279. The van der Waals surface area contributed by atoms with E-state index in [0.29, 0.717) is 12.3 Å². The Balaban J connectivity index is 0.00000312. The highest BCUT2D eigenvalue weighted by Gasteiger charge is 2.11. The average Bonchev–Trinajstić information content (AvgIpc) is 3.22.